The van der Waals surface area contributed by atoms with Crippen LogP contribution < -0.4 is 14.2 Å². The summed E-state index contributed by atoms with van der Waals surface area (Å²) in [6.07, 6.45) is 4.99. The summed E-state index contributed by atoms with van der Waals surface area (Å²) >= 11 is 0. The lowest BCUT2D eigenvalue weighted by molar-refractivity contribution is -0.128. The number of benzene rings is 4. The molecular formula is C33H30O6. The van der Waals surface area contributed by atoms with Crippen LogP contribution in [0.1, 0.15) is 27.9 Å². The molecule has 0 heterocycles. The van der Waals surface area contributed by atoms with E-state index in [0.29, 0.717) is 22.8 Å². The Bertz CT molecular complexity index is 1390. The Hall–Kier alpha value is -4.68. The number of hydrogen-bond acceptors (Lipinski definition) is 6. The van der Waals surface area contributed by atoms with Crippen molar-refractivity contribution in [2.45, 2.75) is 12.8 Å². The van der Waals surface area contributed by atoms with E-state index >= 15 is 0 Å². The van der Waals surface area contributed by atoms with Gasteiger partial charge in [0.2, 0.25) is 0 Å². The molecule has 0 aliphatic rings. The van der Waals surface area contributed by atoms with Crippen molar-refractivity contribution in [2.24, 2.45) is 0 Å². The van der Waals surface area contributed by atoms with E-state index < -0.39 is 11.9 Å². The van der Waals surface area contributed by atoms with Gasteiger partial charge in [0.15, 0.2) is 0 Å². The van der Waals surface area contributed by atoms with Gasteiger partial charge in [-0.25, -0.2) is 9.59 Å². The summed E-state index contributed by atoms with van der Waals surface area (Å²) in [5.41, 5.74) is 4.45. The van der Waals surface area contributed by atoms with Gasteiger partial charge in [-0.1, -0.05) is 48.5 Å². The zero-order chi connectivity index (χ0) is 27.5. The molecule has 198 valence electrons. The van der Waals surface area contributed by atoms with Crippen LogP contribution in [-0.2, 0) is 16.0 Å². The Balaban J connectivity index is 1.29. The maximum absolute atomic E-state index is 12.4. The molecule has 0 unspecified atom stereocenters. The smallest absolute Gasteiger partial charge is 0.343 e. The molecule has 39 heavy (non-hydrogen) atoms. The Morgan fingerprint density at radius 3 is 1.85 bits per heavy atom. The lowest BCUT2D eigenvalue weighted by Gasteiger charge is -2.07. The number of ether oxygens (including phenoxy) is 4. The molecule has 0 N–H and O–H groups in total. The lowest BCUT2D eigenvalue weighted by Crippen LogP contribution is -2.08. The second kappa shape index (κ2) is 13.7. The molecule has 6 nitrogen and oxygen atoms in total. The summed E-state index contributed by atoms with van der Waals surface area (Å²) in [6.45, 7) is 0.720. The molecule has 0 aliphatic carbocycles. The third-order valence-electron chi connectivity index (χ3n) is 6.00. The minimum Gasteiger partial charge on any atom is -0.497 e. The molecule has 0 aromatic heterocycles. The fraction of sp³-hybridized carbons (Fsp3) is 0.152. The third-order valence-corrected chi connectivity index (χ3v) is 6.00. The summed E-state index contributed by atoms with van der Waals surface area (Å²) in [7, 11) is 3.26. The SMILES string of the molecule is COCCCc1ccc(OC(=O)/C=C/c2ccc(-c3ccc(OC(=O)c4ccc(OC)cc4)cc3)cc2)cc1. The van der Waals surface area contributed by atoms with Crippen LogP contribution in [0.5, 0.6) is 17.2 Å². The molecule has 0 atom stereocenters. The molecule has 0 bridgehead atoms. The van der Waals surface area contributed by atoms with Gasteiger partial charge < -0.3 is 18.9 Å². The van der Waals surface area contributed by atoms with E-state index in [4.69, 9.17) is 18.9 Å². The van der Waals surface area contributed by atoms with Gasteiger partial charge in [0.05, 0.1) is 12.7 Å². The van der Waals surface area contributed by atoms with Gasteiger partial charge >= 0.3 is 11.9 Å². The van der Waals surface area contributed by atoms with E-state index in [1.807, 2.05) is 48.5 Å². The van der Waals surface area contributed by atoms with Crippen molar-refractivity contribution in [3.63, 3.8) is 0 Å². The van der Waals surface area contributed by atoms with Crippen LogP contribution in [0.2, 0.25) is 0 Å². The highest BCUT2D eigenvalue weighted by atomic mass is 16.5. The fourth-order valence-electron chi connectivity index (χ4n) is 3.85. The first-order chi connectivity index (χ1) is 19.0. The number of esters is 2. The van der Waals surface area contributed by atoms with Crippen molar-refractivity contribution in [1.82, 2.24) is 0 Å². The molecule has 4 aromatic rings. The monoisotopic (exact) mass is 522 g/mol. The minimum atomic E-state index is -0.439. The number of carbonyl (C=O) groups excluding carboxylic acids is 2. The van der Waals surface area contributed by atoms with E-state index in [9.17, 15) is 9.59 Å². The van der Waals surface area contributed by atoms with E-state index in [0.717, 1.165) is 36.1 Å². The van der Waals surface area contributed by atoms with E-state index in [1.54, 1.807) is 68.8 Å². The van der Waals surface area contributed by atoms with Crippen LogP contribution in [0.15, 0.2) is 103 Å². The van der Waals surface area contributed by atoms with Crippen LogP contribution in [0, 0.1) is 0 Å². The third kappa shape index (κ3) is 8.15. The highest BCUT2D eigenvalue weighted by Gasteiger charge is 2.09. The second-order valence-corrected chi connectivity index (χ2v) is 8.76. The van der Waals surface area contributed by atoms with Crippen LogP contribution in [0.25, 0.3) is 17.2 Å². The number of carbonyl (C=O) groups is 2. The van der Waals surface area contributed by atoms with Crippen LogP contribution in [-0.4, -0.2) is 32.8 Å². The number of aryl methyl sites for hydroxylation is 1. The Kier molecular flexibility index (Phi) is 9.64. The number of hydrogen-bond donors (Lipinski definition) is 0. The summed E-state index contributed by atoms with van der Waals surface area (Å²) in [4.78, 5) is 24.6. The van der Waals surface area contributed by atoms with Crippen molar-refractivity contribution in [3.8, 4) is 28.4 Å². The fourth-order valence-corrected chi connectivity index (χ4v) is 3.85. The Morgan fingerprint density at radius 2 is 1.23 bits per heavy atom. The van der Waals surface area contributed by atoms with E-state index in [1.165, 1.54) is 11.6 Å². The normalized spacial score (nSPS) is 10.8. The predicted octanol–water partition coefficient (Wildman–Crippen LogP) is 6.78. The summed E-state index contributed by atoms with van der Waals surface area (Å²) in [6, 6.07) is 29.3. The van der Waals surface area contributed by atoms with E-state index in [2.05, 4.69) is 0 Å². The predicted molar refractivity (Wildman–Crippen MR) is 151 cm³/mol. The minimum absolute atomic E-state index is 0.435. The molecule has 0 saturated carbocycles. The first-order valence-corrected chi connectivity index (χ1v) is 12.6. The molecule has 0 amide bonds. The first kappa shape index (κ1) is 27.4. The zero-order valence-electron chi connectivity index (χ0n) is 22.0. The first-order valence-electron chi connectivity index (χ1n) is 12.6. The highest BCUT2D eigenvalue weighted by molar-refractivity contribution is 5.91. The van der Waals surface area contributed by atoms with Gasteiger partial charge in [0, 0.05) is 19.8 Å². The molecule has 0 radical (unpaired) electrons. The van der Waals surface area contributed by atoms with Gasteiger partial charge in [-0.15, -0.1) is 0 Å². The van der Waals surface area contributed by atoms with Crippen molar-refractivity contribution in [2.75, 3.05) is 20.8 Å². The van der Waals surface area contributed by atoms with Crippen LogP contribution in [0.4, 0.5) is 0 Å². The van der Waals surface area contributed by atoms with Gasteiger partial charge in [-0.2, -0.15) is 0 Å². The zero-order valence-corrected chi connectivity index (χ0v) is 22.0. The van der Waals surface area contributed by atoms with Gasteiger partial charge in [-0.3, -0.25) is 0 Å². The average molecular weight is 523 g/mol. The number of methoxy groups -OCH3 is 2. The molecule has 0 spiro atoms. The lowest BCUT2D eigenvalue weighted by atomic mass is 10.0. The van der Waals surface area contributed by atoms with Gasteiger partial charge in [0.1, 0.15) is 17.2 Å². The van der Waals surface area contributed by atoms with Crippen molar-refractivity contribution < 1.29 is 28.5 Å². The van der Waals surface area contributed by atoms with Gasteiger partial charge in [0.25, 0.3) is 0 Å². The maximum atomic E-state index is 12.4. The highest BCUT2D eigenvalue weighted by Crippen LogP contribution is 2.24. The van der Waals surface area contributed by atoms with Crippen molar-refractivity contribution in [3.05, 3.63) is 120 Å². The summed E-state index contributed by atoms with van der Waals surface area (Å²) in [5.74, 6) is 0.765. The average Bonchev–Trinajstić information content (AvgIpc) is 2.98. The molecule has 0 aliphatic heterocycles. The molecule has 0 fully saturated rings. The van der Waals surface area contributed by atoms with E-state index in [-0.39, 0.29) is 0 Å². The van der Waals surface area contributed by atoms with Crippen LogP contribution >= 0.6 is 0 Å². The molecule has 6 heteroatoms. The maximum Gasteiger partial charge on any atom is 0.343 e. The summed E-state index contributed by atoms with van der Waals surface area (Å²) in [5, 5.41) is 0. The van der Waals surface area contributed by atoms with Crippen LogP contribution in [0.3, 0.4) is 0 Å². The summed E-state index contributed by atoms with van der Waals surface area (Å²) < 4.78 is 21.0. The van der Waals surface area contributed by atoms with Crippen molar-refractivity contribution in [1.29, 1.82) is 0 Å². The standard InChI is InChI=1S/C33H30O6/c1-36-23-3-4-24-7-16-30(17-8-24)38-32(34)22-9-25-5-10-26(11-6-25)27-12-20-31(21-13-27)39-33(35)28-14-18-29(37-2)19-15-28/h5-22H,3-4,23H2,1-2H3/b22-9+. The van der Waals surface area contributed by atoms with Gasteiger partial charge in [-0.05, 0) is 89.7 Å². The molecule has 4 rings (SSSR count). The number of rotatable bonds is 11. The molecule has 4 aromatic carbocycles. The molecule has 0 saturated heterocycles. The molecular weight excluding hydrogens is 492 g/mol. The van der Waals surface area contributed by atoms with Crippen molar-refractivity contribution >= 4 is 18.0 Å². The Labute approximate surface area is 228 Å². The Morgan fingerprint density at radius 1 is 0.667 bits per heavy atom. The largest absolute Gasteiger partial charge is 0.497 e. The topological polar surface area (TPSA) is 71.1 Å². The second-order valence-electron chi connectivity index (χ2n) is 8.76. The quantitative estimate of drug-likeness (QED) is 0.0936.